The van der Waals surface area contributed by atoms with Crippen molar-refractivity contribution < 1.29 is 0 Å². The number of hydrogen-bond acceptors (Lipinski definition) is 3. The average Bonchev–Trinajstić information content (AvgIpc) is 2.82. The van der Waals surface area contributed by atoms with E-state index >= 15 is 0 Å². The molecule has 94 valence electrons. The molecule has 0 amide bonds. The summed E-state index contributed by atoms with van der Waals surface area (Å²) in [6, 6.07) is 13.6. The summed E-state index contributed by atoms with van der Waals surface area (Å²) in [6.45, 7) is 0. The van der Waals surface area contributed by atoms with Gasteiger partial charge in [0.05, 0.1) is 17.1 Å². The maximum Gasteiger partial charge on any atom is 0.111 e. The van der Waals surface area contributed by atoms with Gasteiger partial charge in [0.2, 0.25) is 0 Å². The number of rotatable bonds is 2. The van der Waals surface area contributed by atoms with Crippen LogP contribution in [-0.4, -0.2) is 19.7 Å². The SMILES string of the molecule is Cn1nc(-c2cccc(Br)n2)cc1-c1ccccn1. The van der Waals surface area contributed by atoms with Gasteiger partial charge < -0.3 is 0 Å². The molecule has 0 aromatic carbocycles. The lowest BCUT2D eigenvalue weighted by atomic mass is 10.2. The van der Waals surface area contributed by atoms with Crippen LogP contribution in [0.3, 0.4) is 0 Å². The largest absolute Gasteiger partial charge is 0.266 e. The van der Waals surface area contributed by atoms with Crippen LogP contribution >= 0.6 is 15.9 Å². The third-order valence-corrected chi connectivity index (χ3v) is 3.23. The third-order valence-electron chi connectivity index (χ3n) is 2.78. The van der Waals surface area contributed by atoms with Crippen LogP contribution in [0.25, 0.3) is 22.8 Å². The Bertz CT molecular complexity index is 706. The van der Waals surface area contributed by atoms with E-state index in [1.165, 1.54) is 0 Å². The molecule has 0 spiro atoms. The van der Waals surface area contributed by atoms with Gasteiger partial charge >= 0.3 is 0 Å². The van der Waals surface area contributed by atoms with Gasteiger partial charge in [-0.25, -0.2) is 4.98 Å². The molecule has 0 radical (unpaired) electrons. The van der Waals surface area contributed by atoms with Crippen LogP contribution < -0.4 is 0 Å². The predicted octanol–water partition coefficient (Wildman–Crippen LogP) is 3.31. The molecule has 4 nitrogen and oxygen atoms in total. The van der Waals surface area contributed by atoms with Gasteiger partial charge in [-0.15, -0.1) is 0 Å². The van der Waals surface area contributed by atoms with Crippen molar-refractivity contribution in [1.29, 1.82) is 0 Å². The minimum absolute atomic E-state index is 0.801. The fourth-order valence-corrected chi connectivity index (χ4v) is 2.24. The number of pyridine rings is 2. The lowest BCUT2D eigenvalue weighted by molar-refractivity contribution is 0.775. The molecule has 0 bridgehead atoms. The monoisotopic (exact) mass is 314 g/mol. The Morgan fingerprint density at radius 1 is 1.00 bits per heavy atom. The quantitative estimate of drug-likeness (QED) is 0.682. The Kier molecular flexibility index (Phi) is 3.13. The van der Waals surface area contributed by atoms with E-state index in [-0.39, 0.29) is 0 Å². The molecule has 0 aliphatic heterocycles. The van der Waals surface area contributed by atoms with Gasteiger partial charge in [-0.05, 0) is 46.3 Å². The Morgan fingerprint density at radius 3 is 2.58 bits per heavy atom. The minimum Gasteiger partial charge on any atom is -0.266 e. The first kappa shape index (κ1) is 12.0. The van der Waals surface area contributed by atoms with E-state index in [2.05, 4.69) is 31.0 Å². The van der Waals surface area contributed by atoms with E-state index in [4.69, 9.17) is 0 Å². The highest BCUT2D eigenvalue weighted by Gasteiger charge is 2.10. The number of nitrogens with zero attached hydrogens (tertiary/aromatic N) is 4. The van der Waals surface area contributed by atoms with E-state index in [1.807, 2.05) is 54.2 Å². The smallest absolute Gasteiger partial charge is 0.111 e. The number of halogens is 1. The molecule has 3 rings (SSSR count). The molecule has 3 aromatic heterocycles. The Labute approximate surface area is 119 Å². The molecule has 3 aromatic rings. The molecule has 0 atom stereocenters. The maximum absolute atomic E-state index is 4.49. The standard InChI is InChI=1S/C14H11BrN4/c1-19-13(11-5-2-3-8-16-11)9-12(18-19)10-6-4-7-14(15)17-10/h2-9H,1H3. The highest BCUT2D eigenvalue weighted by atomic mass is 79.9. The summed E-state index contributed by atoms with van der Waals surface area (Å²) >= 11 is 3.37. The molecule has 0 saturated carbocycles. The molecule has 0 aliphatic carbocycles. The topological polar surface area (TPSA) is 43.6 Å². The van der Waals surface area contributed by atoms with E-state index in [0.29, 0.717) is 0 Å². The summed E-state index contributed by atoms with van der Waals surface area (Å²) in [5.41, 5.74) is 3.55. The predicted molar refractivity (Wildman–Crippen MR) is 77.4 cm³/mol. The molecule has 0 fully saturated rings. The Morgan fingerprint density at radius 2 is 1.84 bits per heavy atom. The van der Waals surface area contributed by atoms with Gasteiger partial charge in [0, 0.05) is 13.2 Å². The van der Waals surface area contributed by atoms with Crippen LogP contribution in [0, 0.1) is 0 Å². The van der Waals surface area contributed by atoms with Crippen molar-refractivity contribution in [3.63, 3.8) is 0 Å². The first-order chi connectivity index (χ1) is 9.24. The van der Waals surface area contributed by atoms with Gasteiger partial charge in [-0.1, -0.05) is 12.1 Å². The highest BCUT2D eigenvalue weighted by Crippen LogP contribution is 2.23. The van der Waals surface area contributed by atoms with Crippen molar-refractivity contribution in [2.45, 2.75) is 0 Å². The third kappa shape index (κ3) is 2.42. The van der Waals surface area contributed by atoms with Gasteiger partial charge in [0.25, 0.3) is 0 Å². The molecule has 0 N–H and O–H groups in total. The highest BCUT2D eigenvalue weighted by molar-refractivity contribution is 9.10. The van der Waals surface area contributed by atoms with Crippen LogP contribution in [0.5, 0.6) is 0 Å². The molecule has 3 heterocycles. The van der Waals surface area contributed by atoms with Crippen LogP contribution in [0.15, 0.2) is 53.3 Å². The Hall–Kier alpha value is -2.01. The number of aromatic nitrogens is 4. The number of aryl methyl sites for hydroxylation is 1. The van der Waals surface area contributed by atoms with Gasteiger partial charge in [-0.3, -0.25) is 9.67 Å². The van der Waals surface area contributed by atoms with E-state index in [0.717, 1.165) is 27.4 Å². The summed E-state index contributed by atoms with van der Waals surface area (Å²) in [6.07, 6.45) is 1.78. The van der Waals surface area contributed by atoms with Crippen molar-refractivity contribution in [2.75, 3.05) is 0 Å². The maximum atomic E-state index is 4.49. The van der Waals surface area contributed by atoms with Crippen LogP contribution in [0.1, 0.15) is 0 Å². The number of hydrogen-bond donors (Lipinski definition) is 0. The zero-order valence-corrected chi connectivity index (χ0v) is 11.9. The van der Waals surface area contributed by atoms with Crippen molar-refractivity contribution in [2.24, 2.45) is 7.05 Å². The van der Waals surface area contributed by atoms with E-state index < -0.39 is 0 Å². The molecular weight excluding hydrogens is 304 g/mol. The normalized spacial score (nSPS) is 10.6. The van der Waals surface area contributed by atoms with Crippen molar-refractivity contribution in [3.05, 3.63) is 53.3 Å². The second kappa shape index (κ2) is 4.93. The minimum atomic E-state index is 0.801. The zero-order chi connectivity index (χ0) is 13.2. The lowest BCUT2D eigenvalue weighted by Crippen LogP contribution is -1.95. The molecule has 19 heavy (non-hydrogen) atoms. The Balaban J connectivity index is 2.07. The van der Waals surface area contributed by atoms with Crippen LogP contribution in [0.2, 0.25) is 0 Å². The summed E-state index contributed by atoms with van der Waals surface area (Å²) < 4.78 is 2.62. The molecular formula is C14H11BrN4. The zero-order valence-electron chi connectivity index (χ0n) is 10.3. The second-order valence-corrected chi connectivity index (χ2v) is 4.91. The summed E-state index contributed by atoms with van der Waals surface area (Å²) in [7, 11) is 1.91. The average molecular weight is 315 g/mol. The second-order valence-electron chi connectivity index (χ2n) is 4.10. The van der Waals surface area contributed by atoms with Crippen LogP contribution in [0.4, 0.5) is 0 Å². The summed E-state index contributed by atoms with van der Waals surface area (Å²) in [5.74, 6) is 0. The fraction of sp³-hybridized carbons (Fsp3) is 0.0714. The van der Waals surface area contributed by atoms with Gasteiger partial charge in [0.15, 0.2) is 0 Å². The van der Waals surface area contributed by atoms with Crippen molar-refractivity contribution in [3.8, 4) is 22.8 Å². The fourth-order valence-electron chi connectivity index (χ4n) is 1.90. The van der Waals surface area contributed by atoms with E-state index in [9.17, 15) is 0 Å². The molecule has 5 heteroatoms. The first-order valence-corrected chi connectivity index (χ1v) is 6.62. The molecule has 0 saturated heterocycles. The van der Waals surface area contributed by atoms with Crippen LogP contribution in [-0.2, 0) is 7.05 Å². The lowest BCUT2D eigenvalue weighted by Gasteiger charge is -1.98. The first-order valence-electron chi connectivity index (χ1n) is 5.82. The van der Waals surface area contributed by atoms with Gasteiger partial charge in [0.1, 0.15) is 10.3 Å². The van der Waals surface area contributed by atoms with Gasteiger partial charge in [-0.2, -0.15) is 5.10 Å². The molecule has 0 aliphatic rings. The summed E-state index contributed by atoms with van der Waals surface area (Å²) in [5, 5.41) is 4.49. The van der Waals surface area contributed by atoms with E-state index in [1.54, 1.807) is 6.20 Å². The summed E-state index contributed by atoms with van der Waals surface area (Å²) in [4.78, 5) is 8.76. The van der Waals surface area contributed by atoms with Crippen molar-refractivity contribution >= 4 is 15.9 Å². The van der Waals surface area contributed by atoms with Crippen molar-refractivity contribution in [1.82, 2.24) is 19.7 Å². The molecule has 0 unspecified atom stereocenters.